The molecule has 1 heterocycles. The number of carbonyl (C=O) groups is 1. The van der Waals surface area contributed by atoms with Crippen molar-refractivity contribution in [3.8, 4) is 16.9 Å². The minimum Gasteiger partial charge on any atom is -0.496 e. The zero-order chi connectivity index (χ0) is 31.1. The molecular weight excluding hydrogens is 637 g/mol. The first-order chi connectivity index (χ1) is 20.4. The number of hydrogen-bond donors (Lipinski definition) is 0. The summed E-state index contributed by atoms with van der Waals surface area (Å²) in [6.07, 6.45) is 4.04. The van der Waals surface area contributed by atoms with Gasteiger partial charge in [-0.15, -0.1) is 11.3 Å². The molecule has 3 aromatic carbocycles. The summed E-state index contributed by atoms with van der Waals surface area (Å²) >= 11 is 13.6. The molecule has 5 rings (SSSR count). The van der Waals surface area contributed by atoms with Gasteiger partial charge in [-0.25, -0.2) is 21.6 Å². The Bertz CT molecular complexity index is 1770. The van der Waals surface area contributed by atoms with Gasteiger partial charge in [-0.3, -0.25) is 4.79 Å². The van der Waals surface area contributed by atoms with Crippen LogP contribution in [0, 0.1) is 11.6 Å². The fourth-order valence-corrected chi connectivity index (χ4v) is 7.95. The third-order valence-corrected chi connectivity index (χ3v) is 11.1. The Morgan fingerprint density at radius 3 is 2.16 bits per heavy atom. The number of nitrogens with zero attached hydrogens (tertiary/aromatic N) is 2. The van der Waals surface area contributed by atoms with Crippen molar-refractivity contribution in [3.63, 3.8) is 0 Å². The molecular formula is C31H30Cl2F2N2O4S2. The smallest absolute Gasteiger partial charge is 0.266 e. The van der Waals surface area contributed by atoms with Crippen LogP contribution in [0.25, 0.3) is 21.2 Å². The van der Waals surface area contributed by atoms with E-state index in [1.54, 1.807) is 46.8 Å². The number of thiophene rings is 1. The lowest BCUT2D eigenvalue weighted by Crippen LogP contribution is -2.44. The summed E-state index contributed by atoms with van der Waals surface area (Å²) in [5.41, 5.74) is 2.31. The van der Waals surface area contributed by atoms with Crippen molar-refractivity contribution in [2.45, 2.75) is 49.2 Å². The summed E-state index contributed by atoms with van der Waals surface area (Å²) in [6, 6.07) is 14.1. The number of amides is 1. The lowest BCUT2D eigenvalue weighted by molar-refractivity contribution is 0.0589. The number of halogens is 4. The van der Waals surface area contributed by atoms with Gasteiger partial charge in [0.1, 0.15) is 22.3 Å². The van der Waals surface area contributed by atoms with E-state index in [1.807, 2.05) is 19.2 Å². The van der Waals surface area contributed by atoms with Crippen molar-refractivity contribution >= 4 is 60.5 Å². The second-order valence-corrected chi connectivity index (χ2v) is 14.7. The summed E-state index contributed by atoms with van der Waals surface area (Å²) in [5.74, 6) is -1.19. The Hall–Kier alpha value is -2.76. The van der Waals surface area contributed by atoms with Gasteiger partial charge in [0.2, 0.25) is 0 Å². The highest BCUT2D eigenvalue weighted by Crippen LogP contribution is 2.41. The summed E-state index contributed by atoms with van der Waals surface area (Å²) in [5, 5.41) is -0.201. The summed E-state index contributed by atoms with van der Waals surface area (Å²) < 4.78 is 60.5. The van der Waals surface area contributed by atoms with Crippen molar-refractivity contribution in [2.75, 3.05) is 20.4 Å². The minimum absolute atomic E-state index is 0.00195. The molecule has 228 valence electrons. The predicted molar refractivity (Wildman–Crippen MR) is 168 cm³/mol. The van der Waals surface area contributed by atoms with E-state index >= 15 is 0 Å². The number of carbonyl (C=O) groups excluding carboxylic acids is 1. The second kappa shape index (κ2) is 12.7. The third-order valence-electron chi connectivity index (χ3n) is 7.98. The molecule has 43 heavy (non-hydrogen) atoms. The van der Waals surface area contributed by atoms with Gasteiger partial charge in [-0.2, -0.15) is 0 Å². The molecule has 0 spiro atoms. The Morgan fingerprint density at radius 1 is 0.977 bits per heavy atom. The van der Waals surface area contributed by atoms with E-state index in [4.69, 9.17) is 28.1 Å². The first-order valence-corrected chi connectivity index (χ1v) is 17.0. The van der Waals surface area contributed by atoms with Crippen LogP contribution in [-0.2, 0) is 16.4 Å². The highest BCUT2D eigenvalue weighted by molar-refractivity contribution is 7.90. The van der Waals surface area contributed by atoms with Crippen molar-refractivity contribution < 1.29 is 26.7 Å². The fraction of sp³-hybridized carbons (Fsp3) is 0.323. The molecule has 0 saturated heterocycles. The van der Waals surface area contributed by atoms with Gasteiger partial charge in [0.25, 0.3) is 5.91 Å². The summed E-state index contributed by atoms with van der Waals surface area (Å²) in [6.45, 7) is 0.152. The highest BCUT2D eigenvalue weighted by Gasteiger charge is 2.34. The summed E-state index contributed by atoms with van der Waals surface area (Å²) in [4.78, 5) is 16.2. The molecule has 0 aliphatic heterocycles. The molecule has 0 radical (unpaired) electrons. The Morgan fingerprint density at radius 2 is 1.58 bits per heavy atom. The van der Waals surface area contributed by atoms with Crippen LogP contribution in [0.15, 0.2) is 59.5 Å². The number of sulfone groups is 1. The van der Waals surface area contributed by atoms with E-state index < -0.39 is 27.4 Å². The third kappa shape index (κ3) is 6.54. The maximum absolute atomic E-state index is 14.7. The number of ether oxygens (including phenoxy) is 1. The monoisotopic (exact) mass is 666 g/mol. The van der Waals surface area contributed by atoms with Crippen LogP contribution in [0.5, 0.6) is 5.75 Å². The SMILES string of the molecule is COc1ccc(-c2ccc(S(C)(=O)=O)cc2)cc1CN(C(=O)c1sc2c(F)ccc(F)c2c1Cl)C1CCC(N(C)Cl)CC1. The topological polar surface area (TPSA) is 66.9 Å². The fourth-order valence-electron chi connectivity index (χ4n) is 5.62. The quantitative estimate of drug-likeness (QED) is 0.179. The van der Waals surface area contributed by atoms with Crippen LogP contribution in [0.2, 0.25) is 5.02 Å². The molecule has 0 unspecified atom stereocenters. The molecule has 1 aliphatic carbocycles. The van der Waals surface area contributed by atoms with E-state index in [1.165, 1.54) is 0 Å². The van der Waals surface area contributed by atoms with E-state index in [0.29, 0.717) is 24.2 Å². The van der Waals surface area contributed by atoms with Gasteiger partial charge in [0.05, 0.1) is 27.1 Å². The zero-order valence-electron chi connectivity index (χ0n) is 23.7. The Kier molecular flexibility index (Phi) is 9.34. The number of rotatable bonds is 8. The highest BCUT2D eigenvalue weighted by atomic mass is 35.5. The standard InChI is InChI=1S/C31H30Cl2F2N2O4S2/c1-36(33)21-7-9-22(10-8-21)37(31(38)30-28(32)27-24(34)13-14-25(35)29(27)42-30)17-20-16-19(6-15-26(20)41-2)18-4-11-23(12-5-18)43(3,39)40/h4-6,11-16,21-22H,7-10,17H2,1-3H3. The van der Waals surface area contributed by atoms with Crippen molar-refractivity contribution in [1.29, 1.82) is 0 Å². The van der Waals surface area contributed by atoms with Gasteiger partial charge in [-0.1, -0.05) is 29.8 Å². The average Bonchev–Trinajstić information content (AvgIpc) is 3.35. The van der Waals surface area contributed by atoms with Gasteiger partial charge < -0.3 is 9.64 Å². The van der Waals surface area contributed by atoms with Crippen LogP contribution < -0.4 is 4.74 Å². The van der Waals surface area contributed by atoms with Crippen molar-refractivity contribution in [1.82, 2.24) is 9.32 Å². The average molecular weight is 668 g/mol. The van der Waals surface area contributed by atoms with Gasteiger partial charge in [-0.05, 0) is 85.0 Å². The minimum atomic E-state index is -3.35. The summed E-state index contributed by atoms with van der Waals surface area (Å²) in [7, 11) is 0.0117. The van der Waals surface area contributed by atoms with Crippen LogP contribution in [-0.4, -0.2) is 56.1 Å². The molecule has 0 bridgehead atoms. The van der Waals surface area contributed by atoms with E-state index in [2.05, 4.69) is 0 Å². The van der Waals surface area contributed by atoms with Crippen LogP contribution in [0.3, 0.4) is 0 Å². The van der Waals surface area contributed by atoms with E-state index in [0.717, 1.165) is 53.7 Å². The molecule has 1 saturated carbocycles. The molecule has 0 N–H and O–H groups in total. The molecule has 1 aromatic heterocycles. The molecule has 1 fully saturated rings. The van der Waals surface area contributed by atoms with E-state index in [9.17, 15) is 22.0 Å². The molecule has 1 amide bonds. The number of hydrogen-bond acceptors (Lipinski definition) is 6. The lowest BCUT2D eigenvalue weighted by Gasteiger charge is -2.38. The van der Waals surface area contributed by atoms with Gasteiger partial charge >= 0.3 is 0 Å². The number of benzene rings is 3. The number of methoxy groups -OCH3 is 1. The lowest BCUT2D eigenvalue weighted by atomic mass is 9.89. The molecule has 1 aliphatic rings. The van der Waals surface area contributed by atoms with Crippen LogP contribution in [0.4, 0.5) is 8.78 Å². The van der Waals surface area contributed by atoms with E-state index in [-0.39, 0.29) is 43.5 Å². The Labute approximate surface area is 263 Å². The number of fused-ring (bicyclic) bond motifs is 1. The zero-order valence-corrected chi connectivity index (χ0v) is 26.9. The van der Waals surface area contributed by atoms with Crippen molar-refractivity contribution in [3.05, 3.63) is 81.7 Å². The maximum Gasteiger partial charge on any atom is 0.266 e. The van der Waals surface area contributed by atoms with Crippen LogP contribution >= 0.6 is 34.7 Å². The molecule has 6 nitrogen and oxygen atoms in total. The van der Waals surface area contributed by atoms with Gasteiger partial charge in [0, 0.05) is 37.5 Å². The normalized spacial score (nSPS) is 17.4. The Balaban J connectivity index is 1.55. The first kappa shape index (κ1) is 31.7. The van der Waals surface area contributed by atoms with Gasteiger partial charge in [0.15, 0.2) is 9.84 Å². The molecule has 12 heteroatoms. The first-order valence-electron chi connectivity index (χ1n) is 13.6. The second-order valence-electron chi connectivity index (χ2n) is 10.7. The largest absolute Gasteiger partial charge is 0.496 e. The van der Waals surface area contributed by atoms with Crippen molar-refractivity contribution in [2.24, 2.45) is 0 Å². The molecule has 4 aromatic rings. The maximum atomic E-state index is 14.7. The predicted octanol–water partition coefficient (Wildman–Crippen LogP) is 7.95. The molecule has 0 atom stereocenters. The van der Waals surface area contributed by atoms with Crippen LogP contribution in [0.1, 0.15) is 40.9 Å².